The molecule has 0 saturated carbocycles. The number of hydroxylamine groups is 2. The van der Waals surface area contributed by atoms with Crippen LogP contribution in [-0.4, -0.2) is 56.9 Å². The lowest BCUT2D eigenvalue weighted by molar-refractivity contribution is -0.0757. The summed E-state index contributed by atoms with van der Waals surface area (Å²) in [5.41, 5.74) is 2.19. The van der Waals surface area contributed by atoms with Gasteiger partial charge in [-0.25, -0.2) is 10.0 Å². The number of hydrogen-bond donors (Lipinski definition) is 1. The maximum Gasteiger partial charge on any atom is 0.308 e. The maximum absolute atomic E-state index is 12.1. The zero-order valence-corrected chi connectivity index (χ0v) is 19.6. The van der Waals surface area contributed by atoms with Crippen molar-refractivity contribution >= 4 is 23.1 Å². The fourth-order valence-electron chi connectivity index (χ4n) is 2.76. The normalized spacial score (nSPS) is 11.8. The van der Waals surface area contributed by atoms with E-state index in [9.17, 15) is 4.79 Å². The van der Waals surface area contributed by atoms with Crippen LogP contribution in [0.3, 0.4) is 0 Å². The van der Waals surface area contributed by atoms with Crippen molar-refractivity contribution in [2.45, 2.75) is 33.7 Å². The van der Waals surface area contributed by atoms with Gasteiger partial charge in [-0.15, -0.1) is 10.2 Å². The van der Waals surface area contributed by atoms with Crippen LogP contribution in [-0.2, 0) is 17.8 Å². The lowest BCUT2D eigenvalue weighted by atomic mass is 10.1. The number of ether oxygens (including phenoxy) is 1. The Morgan fingerprint density at radius 3 is 2.78 bits per heavy atom. The minimum Gasteiger partial charge on any atom is -0.477 e. The highest BCUT2D eigenvalue weighted by Gasteiger charge is 2.17. The molecule has 1 amide bonds. The zero-order chi connectivity index (χ0) is 23.1. The Labute approximate surface area is 191 Å². The van der Waals surface area contributed by atoms with E-state index < -0.39 is 0 Å². The molecule has 0 fully saturated rings. The van der Waals surface area contributed by atoms with E-state index in [1.54, 1.807) is 13.0 Å². The van der Waals surface area contributed by atoms with Gasteiger partial charge >= 0.3 is 5.91 Å². The molecular formula is C21H27N7O3S. The van der Waals surface area contributed by atoms with E-state index in [4.69, 9.17) is 9.57 Å². The molecule has 0 saturated heterocycles. The Kier molecular flexibility index (Phi) is 8.01. The lowest BCUT2D eigenvalue weighted by Crippen LogP contribution is -2.25. The van der Waals surface area contributed by atoms with Gasteiger partial charge in [0.05, 0.1) is 20.3 Å². The Hall–Kier alpha value is -3.18. The second kappa shape index (κ2) is 10.9. The number of carbonyl (C=O) groups is 1. The third-order valence-electron chi connectivity index (χ3n) is 4.49. The summed E-state index contributed by atoms with van der Waals surface area (Å²) < 4.78 is 5.90. The highest BCUT2D eigenvalue weighted by molar-refractivity contribution is 7.13. The molecule has 3 aromatic heterocycles. The van der Waals surface area contributed by atoms with E-state index in [0.29, 0.717) is 35.7 Å². The van der Waals surface area contributed by atoms with Crippen LogP contribution in [0.1, 0.15) is 38.8 Å². The Morgan fingerprint density at radius 2 is 2.06 bits per heavy atom. The van der Waals surface area contributed by atoms with Gasteiger partial charge in [0.25, 0.3) is 0 Å². The van der Waals surface area contributed by atoms with Crippen LogP contribution in [0.5, 0.6) is 5.88 Å². The molecule has 0 radical (unpaired) electrons. The standard InChI is InChI=1S/C21H27N7O3S/c1-13-6-7-16(22-10-13)8-14(2)12-31-18-9-17(24-15(3)25-18)23-11-19-26-27-20(32-19)21(29)28(4)30-5/h6-7,9-10,14H,8,11-12H2,1-5H3,(H,23,24,25)/t14-/m1/s1. The zero-order valence-electron chi connectivity index (χ0n) is 18.8. The van der Waals surface area contributed by atoms with Crippen molar-refractivity contribution in [1.29, 1.82) is 0 Å². The molecule has 11 heteroatoms. The molecule has 1 N–H and O–H groups in total. The van der Waals surface area contributed by atoms with Gasteiger partial charge in [-0.05, 0) is 37.8 Å². The minimum absolute atomic E-state index is 0.256. The number of rotatable bonds is 10. The highest BCUT2D eigenvalue weighted by Crippen LogP contribution is 2.18. The summed E-state index contributed by atoms with van der Waals surface area (Å²) in [6, 6.07) is 5.85. The Morgan fingerprint density at radius 1 is 1.25 bits per heavy atom. The van der Waals surface area contributed by atoms with Gasteiger partial charge < -0.3 is 10.1 Å². The number of anilines is 1. The molecule has 0 aromatic carbocycles. The summed E-state index contributed by atoms with van der Waals surface area (Å²) in [6.45, 7) is 6.83. The van der Waals surface area contributed by atoms with Crippen molar-refractivity contribution in [1.82, 2.24) is 30.2 Å². The largest absolute Gasteiger partial charge is 0.477 e. The van der Waals surface area contributed by atoms with Gasteiger partial charge in [0, 0.05) is 25.0 Å². The van der Waals surface area contributed by atoms with Gasteiger partial charge in [0.1, 0.15) is 16.6 Å². The molecular weight excluding hydrogens is 430 g/mol. The van der Waals surface area contributed by atoms with E-state index in [2.05, 4.69) is 43.5 Å². The van der Waals surface area contributed by atoms with Crippen molar-refractivity contribution in [2.24, 2.45) is 5.92 Å². The van der Waals surface area contributed by atoms with Gasteiger partial charge in [0.2, 0.25) is 10.9 Å². The number of amides is 1. The SMILES string of the molecule is CON(C)C(=O)c1nnc(CNc2cc(OC[C@H](C)Cc3ccc(C)cn3)nc(C)n2)s1. The first-order valence-corrected chi connectivity index (χ1v) is 10.9. The molecule has 3 aromatic rings. The van der Waals surface area contributed by atoms with Crippen LogP contribution in [0.15, 0.2) is 24.4 Å². The average Bonchev–Trinajstić information content (AvgIpc) is 3.25. The fraction of sp³-hybridized carbons (Fsp3) is 0.429. The molecule has 3 heterocycles. The average molecular weight is 458 g/mol. The Bertz CT molecular complexity index is 1040. The Balaban J connectivity index is 1.54. The number of carbonyl (C=O) groups excluding carboxylic acids is 1. The van der Waals surface area contributed by atoms with Gasteiger partial charge in [-0.1, -0.05) is 24.3 Å². The van der Waals surface area contributed by atoms with Crippen molar-refractivity contribution in [3.8, 4) is 5.88 Å². The van der Waals surface area contributed by atoms with Crippen LogP contribution in [0.4, 0.5) is 5.82 Å². The van der Waals surface area contributed by atoms with Crippen LogP contribution in [0.25, 0.3) is 0 Å². The van der Waals surface area contributed by atoms with E-state index in [-0.39, 0.29) is 16.8 Å². The quantitative estimate of drug-likeness (QED) is 0.459. The molecule has 0 spiro atoms. The van der Waals surface area contributed by atoms with Crippen LogP contribution in [0.2, 0.25) is 0 Å². The number of nitrogens with zero attached hydrogens (tertiary/aromatic N) is 6. The first-order chi connectivity index (χ1) is 15.3. The second-order valence-corrected chi connectivity index (χ2v) is 8.49. The molecule has 3 rings (SSSR count). The summed E-state index contributed by atoms with van der Waals surface area (Å²) in [5, 5.41) is 13.1. The van der Waals surface area contributed by atoms with Gasteiger partial charge in [-0.3, -0.25) is 14.6 Å². The summed E-state index contributed by atoms with van der Waals surface area (Å²) in [5.74, 6) is 1.63. The summed E-state index contributed by atoms with van der Waals surface area (Å²) in [7, 11) is 2.93. The molecule has 0 aliphatic rings. The molecule has 10 nitrogen and oxygen atoms in total. The number of aromatic nitrogens is 5. The fourth-order valence-corrected chi connectivity index (χ4v) is 3.51. The molecule has 170 valence electrons. The van der Waals surface area contributed by atoms with E-state index in [1.807, 2.05) is 19.2 Å². The molecule has 1 atom stereocenters. The number of hydrogen-bond acceptors (Lipinski definition) is 10. The molecule has 0 aliphatic heterocycles. The predicted octanol–water partition coefficient (Wildman–Crippen LogP) is 2.84. The van der Waals surface area contributed by atoms with Crippen LogP contribution < -0.4 is 10.1 Å². The minimum atomic E-state index is -0.347. The number of pyridine rings is 1. The topological polar surface area (TPSA) is 115 Å². The van der Waals surface area contributed by atoms with E-state index >= 15 is 0 Å². The number of aryl methyl sites for hydroxylation is 2. The molecule has 0 bridgehead atoms. The monoisotopic (exact) mass is 457 g/mol. The third-order valence-corrected chi connectivity index (χ3v) is 5.40. The van der Waals surface area contributed by atoms with Gasteiger partial charge in [-0.2, -0.15) is 4.98 Å². The predicted molar refractivity (Wildman–Crippen MR) is 120 cm³/mol. The van der Waals surface area contributed by atoms with Crippen molar-refractivity contribution in [3.63, 3.8) is 0 Å². The second-order valence-electron chi connectivity index (χ2n) is 7.43. The lowest BCUT2D eigenvalue weighted by Gasteiger charge is -2.13. The summed E-state index contributed by atoms with van der Waals surface area (Å²) >= 11 is 1.19. The van der Waals surface area contributed by atoms with Crippen LogP contribution in [0, 0.1) is 19.8 Å². The highest BCUT2D eigenvalue weighted by atomic mass is 32.1. The van der Waals surface area contributed by atoms with Crippen molar-refractivity contribution < 1.29 is 14.4 Å². The van der Waals surface area contributed by atoms with Crippen molar-refractivity contribution in [3.05, 3.63) is 51.5 Å². The number of nitrogens with one attached hydrogen (secondary N) is 1. The first-order valence-electron chi connectivity index (χ1n) is 10.1. The third kappa shape index (κ3) is 6.66. The van der Waals surface area contributed by atoms with E-state index in [1.165, 1.54) is 25.5 Å². The van der Waals surface area contributed by atoms with Crippen LogP contribution >= 0.6 is 11.3 Å². The van der Waals surface area contributed by atoms with Gasteiger partial charge in [0.15, 0.2) is 0 Å². The molecule has 0 unspecified atom stereocenters. The maximum atomic E-state index is 12.1. The van der Waals surface area contributed by atoms with E-state index in [0.717, 1.165) is 22.7 Å². The van der Waals surface area contributed by atoms with Crippen molar-refractivity contribution in [2.75, 3.05) is 26.1 Å². The summed E-state index contributed by atoms with van der Waals surface area (Å²) in [6.07, 6.45) is 2.70. The molecule has 0 aliphatic carbocycles. The molecule has 32 heavy (non-hydrogen) atoms. The first kappa shape index (κ1) is 23.5. The summed E-state index contributed by atoms with van der Waals surface area (Å²) in [4.78, 5) is 30.1. The smallest absolute Gasteiger partial charge is 0.308 e.